The summed E-state index contributed by atoms with van der Waals surface area (Å²) < 4.78 is 11.3. The van der Waals surface area contributed by atoms with Crippen LogP contribution in [-0.4, -0.2) is 49.1 Å². The van der Waals surface area contributed by atoms with Gasteiger partial charge in [-0.2, -0.15) is 0 Å². The molecule has 0 atom stereocenters. The molecular formula is C25H32N2O4. The van der Waals surface area contributed by atoms with Gasteiger partial charge in [-0.3, -0.25) is 9.59 Å². The first-order valence-electron chi connectivity index (χ1n) is 10.8. The predicted octanol–water partition coefficient (Wildman–Crippen LogP) is 3.49. The van der Waals surface area contributed by atoms with E-state index in [0.717, 1.165) is 35.3 Å². The van der Waals surface area contributed by atoms with Crippen molar-refractivity contribution in [2.24, 2.45) is 0 Å². The number of carbonyl (C=O) groups is 2. The molecule has 0 bridgehead atoms. The molecule has 0 unspecified atom stereocenters. The molecule has 1 fully saturated rings. The van der Waals surface area contributed by atoms with Crippen LogP contribution in [0, 0.1) is 27.7 Å². The summed E-state index contributed by atoms with van der Waals surface area (Å²) in [5.41, 5.74) is 4.52. The van der Waals surface area contributed by atoms with Crippen molar-refractivity contribution in [3.05, 3.63) is 58.7 Å². The molecule has 0 radical (unpaired) electrons. The fourth-order valence-electron chi connectivity index (χ4n) is 3.69. The highest BCUT2D eigenvalue weighted by Gasteiger charge is 2.24. The summed E-state index contributed by atoms with van der Waals surface area (Å²) >= 11 is 0. The molecule has 2 amide bonds. The van der Waals surface area contributed by atoms with E-state index in [-0.39, 0.29) is 31.1 Å². The largest absolute Gasteiger partial charge is 0.484 e. The third-order valence-electron chi connectivity index (χ3n) is 5.74. The van der Waals surface area contributed by atoms with Gasteiger partial charge in [0.2, 0.25) is 0 Å². The Morgan fingerprint density at radius 1 is 0.903 bits per heavy atom. The summed E-state index contributed by atoms with van der Waals surface area (Å²) in [5.74, 6) is 1.27. The molecule has 0 spiro atoms. The van der Waals surface area contributed by atoms with Crippen LogP contribution in [0.3, 0.4) is 0 Å². The standard InChI is InChI=1S/C25H32N2O4/c1-17-5-8-23(20(4)13-17)31-15-24(28)26-21-9-11-27(12-10-21)25(29)16-30-22-7-6-18(2)19(3)14-22/h5-8,13-14,21H,9-12,15-16H2,1-4H3,(H,26,28). The third-order valence-corrected chi connectivity index (χ3v) is 5.74. The normalized spacial score (nSPS) is 14.3. The first-order chi connectivity index (χ1) is 14.8. The number of ether oxygens (including phenoxy) is 2. The van der Waals surface area contributed by atoms with Crippen molar-refractivity contribution >= 4 is 11.8 Å². The minimum atomic E-state index is -0.136. The van der Waals surface area contributed by atoms with Gasteiger partial charge in [-0.25, -0.2) is 0 Å². The van der Waals surface area contributed by atoms with Crippen LogP contribution in [0.5, 0.6) is 11.5 Å². The van der Waals surface area contributed by atoms with E-state index in [9.17, 15) is 9.59 Å². The lowest BCUT2D eigenvalue weighted by Gasteiger charge is -2.32. The Bertz CT molecular complexity index is 933. The monoisotopic (exact) mass is 424 g/mol. The van der Waals surface area contributed by atoms with Crippen LogP contribution in [-0.2, 0) is 9.59 Å². The van der Waals surface area contributed by atoms with Gasteiger partial charge in [0.1, 0.15) is 11.5 Å². The lowest BCUT2D eigenvalue weighted by Crippen LogP contribution is -2.48. The summed E-state index contributed by atoms with van der Waals surface area (Å²) in [5, 5.41) is 3.02. The van der Waals surface area contributed by atoms with Gasteiger partial charge in [0.05, 0.1) is 0 Å². The van der Waals surface area contributed by atoms with Crippen molar-refractivity contribution in [3.8, 4) is 11.5 Å². The molecule has 1 N–H and O–H groups in total. The van der Waals surface area contributed by atoms with E-state index >= 15 is 0 Å². The molecular weight excluding hydrogens is 392 g/mol. The summed E-state index contributed by atoms with van der Waals surface area (Å²) in [4.78, 5) is 26.5. The van der Waals surface area contributed by atoms with E-state index in [1.807, 2.05) is 64.1 Å². The number of nitrogens with one attached hydrogen (secondary N) is 1. The molecule has 1 heterocycles. The number of nitrogens with zero attached hydrogens (tertiary/aromatic N) is 1. The number of likely N-dealkylation sites (tertiary alicyclic amines) is 1. The van der Waals surface area contributed by atoms with Gasteiger partial charge in [-0.05, 0) is 75.4 Å². The average Bonchev–Trinajstić information content (AvgIpc) is 2.74. The number of piperidine rings is 1. The molecule has 2 aromatic rings. The van der Waals surface area contributed by atoms with Gasteiger partial charge in [0.15, 0.2) is 13.2 Å². The first-order valence-corrected chi connectivity index (χ1v) is 10.8. The molecule has 2 aromatic carbocycles. The second-order valence-corrected chi connectivity index (χ2v) is 8.31. The third kappa shape index (κ3) is 6.48. The first kappa shape index (κ1) is 22.7. The smallest absolute Gasteiger partial charge is 0.260 e. The Kier molecular flexibility index (Phi) is 7.55. The van der Waals surface area contributed by atoms with Crippen LogP contribution >= 0.6 is 0 Å². The molecule has 3 rings (SSSR count). The zero-order valence-electron chi connectivity index (χ0n) is 18.9. The molecule has 0 aliphatic carbocycles. The molecule has 6 heteroatoms. The Morgan fingerprint density at radius 3 is 2.32 bits per heavy atom. The highest BCUT2D eigenvalue weighted by molar-refractivity contribution is 5.79. The van der Waals surface area contributed by atoms with Gasteiger partial charge in [0, 0.05) is 19.1 Å². The number of benzene rings is 2. The van der Waals surface area contributed by atoms with Crippen LogP contribution < -0.4 is 14.8 Å². The maximum absolute atomic E-state index is 12.5. The topological polar surface area (TPSA) is 67.9 Å². The molecule has 166 valence electrons. The maximum atomic E-state index is 12.5. The van der Waals surface area contributed by atoms with Gasteiger partial charge < -0.3 is 19.7 Å². The number of aryl methyl sites for hydroxylation is 4. The molecule has 1 aliphatic heterocycles. The summed E-state index contributed by atoms with van der Waals surface area (Å²) in [6.07, 6.45) is 1.45. The van der Waals surface area contributed by atoms with E-state index in [0.29, 0.717) is 18.8 Å². The van der Waals surface area contributed by atoms with Gasteiger partial charge in [-0.1, -0.05) is 23.8 Å². The van der Waals surface area contributed by atoms with Crippen LogP contribution in [0.15, 0.2) is 36.4 Å². The van der Waals surface area contributed by atoms with Gasteiger partial charge in [0.25, 0.3) is 11.8 Å². The van der Waals surface area contributed by atoms with Crippen molar-refractivity contribution in [1.29, 1.82) is 0 Å². The maximum Gasteiger partial charge on any atom is 0.260 e. The van der Waals surface area contributed by atoms with E-state index in [1.165, 1.54) is 5.56 Å². The molecule has 31 heavy (non-hydrogen) atoms. The van der Waals surface area contributed by atoms with Crippen LogP contribution in [0.2, 0.25) is 0 Å². The van der Waals surface area contributed by atoms with E-state index in [4.69, 9.17) is 9.47 Å². The number of hydrogen-bond acceptors (Lipinski definition) is 4. The SMILES string of the molecule is Cc1ccc(OCC(=O)NC2CCN(C(=O)COc3ccc(C)c(C)c3)CC2)c(C)c1. The van der Waals surface area contributed by atoms with E-state index in [2.05, 4.69) is 5.32 Å². The van der Waals surface area contributed by atoms with Crippen molar-refractivity contribution in [2.75, 3.05) is 26.3 Å². The highest BCUT2D eigenvalue weighted by Crippen LogP contribution is 2.19. The summed E-state index contributed by atoms with van der Waals surface area (Å²) in [7, 11) is 0. The van der Waals surface area contributed by atoms with Crippen molar-refractivity contribution in [2.45, 2.75) is 46.6 Å². The number of rotatable bonds is 7. The second kappa shape index (κ2) is 10.3. The molecule has 0 aromatic heterocycles. The zero-order valence-corrected chi connectivity index (χ0v) is 18.9. The number of amides is 2. The molecule has 6 nitrogen and oxygen atoms in total. The van der Waals surface area contributed by atoms with Crippen LogP contribution in [0.4, 0.5) is 0 Å². The Morgan fingerprint density at radius 2 is 1.65 bits per heavy atom. The van der Waals surface area contributed by atoms with E-state index in [1.54, 1.807) is 4.90 Å². The zero-order chi connectivity index (χ0) is 22.4. The molecule has 1 aliphatic rings. The fourth-order valence-corrected chi connectivity index (χ4v) is 3.69. The highest BCUT2D eigenvalue weighted by atomic mass is 16.5. The average molecular weight is 425 g/mol. The second-order valence-electron chi connectivity index (χ2n) is 8.31. The Labute approximate surface area is 184 Å². The minimum Gasteiger partial charge on any atom is -0.484 e. The van der Waals surface area contributed by atoms with Crippen molar-refractivity contribution in [1.82, 2.24) is 10.2 Å². The van der Waals surface area contributed by atoms with Crippen molar-refractivity contribution in [3.63, 3.8) is 0 Å². The van der Waals surface area contributed by atoms with Crippen LogP contribution in [0.1, 0.15) is 35.1 Å². The fraction of sp³-hybridized carbons (Fsp3) is 0.440. The quantitative estimate of drug-likeness (QED) is 0.739. The van der Waals surface area contributed by atoms with Crippen molar-refractivity contribution < 1.29 is 19.1 Å². The number of carbonyl (C=O) groups excluding carboxylic acids is 2. The lowest BCUT2D eigenvalue weighted by atomic mass is 10.1. The molecule has 1 saturated heterocycles. The van der Waals surface area contributed by atoms with E-state index < -0.39 is 0 Å². The Balaban J connectivity index is 1.38. The number of hydrogen-bond donors (Lipinski definition) is 1. The van der Waals surface area contributed by atoms with Crippen LogP contribution in [0.25, 0.3) is 0 Å². The summed E-state index contributed by atoms with van der Waals surface area (Å²) in [6, 6.07) is 11.8. The lowest BCUT2D eigenvalue weighted by molar-refractivity contribution is -0.134. The molecule has 0 saturated carbocycles. The predicted molar refractivity (Wildman–Crippen MR) is 121 cm³/mol. The minimum absolute atomic E-state index is 0.00709. The van der Waals surface area contributed by atoms with Gasteiger partial charge in [-0.15, -0.1) is 0 Å². The summed E-state index contributed by atoms with van der Waals surface area (Å²) in [6.45, 7) is 9.30. The Hall–Kier alpha value is -3.02. The van der Waals surface area contributed by atoms with Gasteiger partial charge >= 0.3 is 0 Å².